The lowest BCUT2D eigenvalue weighted by atomic mass is 9.94. The zero-order valence-electron chi connectivity index (χ0n) is 38.9. The van der Waals surface area contributed by atoms with Crippen LogP contribution in [0.3, 0.4) is 0 Å². The summed E-state index contributed by atoms with van der Waals surface area (Å²) in [5, 5.41) is 197. The molecule has 2 amide bonds. The van der Waals surface area contributed by atoms with E-state index in [0.717, 1.165) is 13.8 Å². The average Bonchev–Trinajstić information content (AvgIpc) is 3.35. The minimum Gasteiger partial charge on any atom is -0.394 e. The SMILES string of the molecule is CC(=O)N[C@@H]1[C@@H](O)[C@H](O[C@@H]2O[C@H](CO)[C@@H](O[C@@H]3O[C@H](CO[C@H]4O[C@H](CO)[C@@H](O)[C@H](O)[C@@H]4O)[C@@H](O)[C@H](O[C@H]4O[C@H](CO)[C@@H](O)[C@H](O[C@H]5O[C@H](CO)[C@@H](O)[C@H](O)[C@@H]5O)[C@@H]4O)[C@@H]3O)[C@H](O)[C@H]2NC(C)=O)[C@@H](CO)O[C@H]1O. The van der Waals surface area contributed by atoms with Crippen molar-refractivity contribution in [3.8, 4) is 0 Å². The lowest BCUT2D eigenvalue weighted by Gasteiger charge is -2.50. The molecule has 0 radical (unpaired) electrons. The summed E-state index contributed by atoms with van der Waals surface area (Å²) in [7, 11) is 0. The second kappa shape index (κ2) is 26.0. The van der Waals surface area contributed by atoms with Crippen LogP contribution in [-0.4, -0.2) is 327 Å². The van der Waals surface area contributed by atoms with Crippen molar-refractivity contribution in [1.29, 1.82) is 0 Å². The van der Waals surface area contributed by atoms with E-state index in [0.29, 0.717) is 0 Å². The standard InChI is InChI=1S/C40H68N2O31/c1-9(48)41-17-23(54)31(14(6-46)64-35(17)62)70-36-18(42-10(2)49)24(55)32(15(7-47)68-36)71-40-30(61)34(22(53)16(69-40)8-63-37-27(58)25(56)19(50)11(3-43)65-37)73-39-29(60)33(21(52)13(5-45)67-39)72-38-28(59)26(57)20(51)12(4-44)66-38/h11-40,43-47,50-62H,3-8H2,1-2H3,(H,41,48)(H,42,49)/t11-,12-,13-,14-,15-,16-,17-,18-,19-,20-,21-,22-,23-,24-,25+,26+,27+,28+,29+,30+,31-,32-,33+,34+,35-,36+,37+,38-,39-,40+/m1/s1. The fraction of sp³-hybridized carbons (Fsp3) is 0.950. The number of hydrogen-bond donors (Lipinski definition) is 20. The first-order chi connectivity index (χ1) is 34.5. The Morgan fingerprint density at radius 3 is 1.18 bits per heavy atom. The van der Waals surface area contributed by atoms with Crippen LogP contribution in [0.2, 0.25) is 0 Å². The van der Waals surface area contributed by atoms with E-state index in [1.807, 2.05) is 0 Å². The summed E-state index contributed by atoms with van der Waals surface area (Å²) in [5.74, 6) is -1.56. The van der Waals surface area contributed by atoms with Gasteiger partial charge in [0.2, 0.25) is 11.8 Å². The van der Waals surface area contributed by atoms with Crippen LogP contribution in [0.25, 0.3) is 0 Å². The monoisotopic (exact) mass is 1070 g/mol. The zero-order valence-corrected chi connectivity index (χ0v) is 38.9. The number of ether oxygens (including phenoxy) is 11. The number of aliphatic hydroxyl groups excluding tert-OH is 18. The van der Waals surface area contributed by atoms with Gasteiger partial charge in [-0.05, 0) is 0 Å². The highest BCUT2D eigenvalue weighted by molar-refractivity contribution is 5.73. The van der Waals surface area contributed by atoms with Gasteiger partial charge in [-0.2, -0.15) is 0 Å². The van der Waals surface area contributed by atoms with Gasteiger partial charge in [0.05, 0.1) is 39.6 Å². The molecule has 0 saturated carbocycles. The van der Waals surface area contributed by atoms with Crippen molar-refractivity contribution in [2.45, 2.75) is 198 Å². The first-order valence-electron chi connectivity index (χ1n) is 23.1. The second-order valence-corrected chi connectivity index (χ2v) is 18.3. The Kier molecular flexibility index (Phi) is 21.3. The molecule has 0 aromatic rings. The van der Waals surface area contributed by atoms with Gasteiger partial charge in [0.1, 0.15) is 146 Å². The fourth-order valence-electron chi connectivity index (χ4n) is 9.21. The Hall–Kier alpha value is -2.22. The third-order valence-corrected chi connectivity index (χ3v) is 13.2. The molecule has 6 heterocycles. The normalized spacial score (nSPS) is 49.8. The molecule has 0 bridgehead atoms. The van der Waals surface area contributed by atoms with Crippen molar-refractivity contribution in [2.24, 2.45) is 0 Å². The Morgan fingerprint density at radius 1 is 0.356 bits per heavy atom. The van der Waals surface area contributed by atoms with Gasteiger partial charge in [0.25, 0.3) is 0 Å². The van der Waals surface area contributed by atoms with Crippen LogP contribution in [0.5, 0.6) is 0 Å². The van der Waals surface area contributed by atoms with Gasteiger partial charge in [0.15, 0.2) is 37.7 Å². The molecule has 20 N–H and O–H groups in total. The Labute approximate surface area is 413 Å². The van der Waals surface area contributed by atoms with E-state index < -0.39 is 236 Å². The number of rotatable bonds is 18. The maximum absolute atomic E-state index is 12.6. The van der Waals surface area contributed by atoms with Gasteiger partial charge in [-0.15, -0.1) is 0 Å². The molecule has 0 aliphatic carbocycles. The van der Waals surface area contributed by atoms with E-state index in [2.05, 4.69) is 10.6 Å². The first kappa shape index (κ1) is 60.0. The molecular weight excluding hydrogens is 1000 g/mol. The van der Waals surface area contributed by atoms with Gasteiger partial charge < -0.3 is 155 Å². The molecule has 424 valence electrons. The maximum Gasteiger partial charge on any atom is 0.217 e. The van der Waals surface area contributed by atoms with Crippen molar-refractivity contribution in [1.82, 2.24) is 10.6 Å². The van der Waals surface area contributed by atoms with E-state index in [-0.39, 0.29) is 0 Å². The molecular formula is C40H68N2O31. The molecule has 0 spiro atoms. The molecule has 0 aromatic carbocycles. The quantitative estimate of drug-likeness (QED) is 0.0606. The minimum atomic E-state index is -2.31. The van der Waals surface area contributed by atoms with Gasteiger partial charge in [-0.3, -0.25) is 9.59 Å². The van der Waals surface area contributed by atoms with Crippen molar-refractivity contribution in [3.63, 3.8) is 0 Å². The molecule has 6 rings (SSSR count). The Morgan fingerprint density at radius 2 is 0.699 bits per heavy atom. The number of carbonyl (C=O) groups is 2. The molecule has 73 heavy (non-hydrogen) atoms. The number of nitrogens with one attached hydrogen (secondary N) is 2. The van der Waals surface area contributed by atoms with E-state index >= 15 is 0 Å². The van der Waals surface area contributed by atoms with Crippen molar-refractivity contribution < 1.29 is 154 Å². The summed E-state index contributed by atoms with van der Waals surface area (Å²) >= 11 is 0. The summed E-state index contributed by atoms with van der Waals surface area (Å²) in [6.45, 7) is -3.61. The predicted molar refractivity (Wildman–Crippen MR) is 222 cm³/mol. The van der Waals surface area contributed by atoms with E-state index in [1.165, 1.54) is 0 Å². The number of amides is 2. The highest BCUT2D eigenvalue weighted by atomic mass is 16.8. The summed E-state index contributed by atoms with van der Waals surface area (Å²) in [4.78, 5) is 24.5. The summed E-state index contributed by atoms with van der Waals surface area (Å²) in [5.41, 5.74) is 0. The summed E-state index contributed by atoms with van der Waals surface area (Å²) in [6, 6.07) is -3.30. The fourth-order valence-corrected chi connectivity index (χ4v) is 9.21. The number of aliphatic hydroxyl groups is 18. The lowest BCUT2D eigenvalue weighted by Crippen LogP contribution is -2.70. The maximum atomic E-state index is 12.6. The third kappa shape index (κ3) is 13.0. The van der Waals surface area contributed by atoms with Crippen LogP contribution in [-0.2, 0) is 61.7 Å². The highest BCUT2D eigenvalue weighted by Crippen LogP contribution is 2.36. The van der Waals surface area contributed by atoms with Gasteiger partial charge >= 0.3 is 0 Å². The van der Waals surface area contributed by atoms with E-state index in [9.17, 15) is 102 Å². The molecule has 6 aliphatic rings. The van der Waals surface area contributed by atoms with Gasteiger partial charge in [-0.1, -0.05) is 0 Å². The Bertz CT molecular complexity index is 1750. The Balaban J connectivity index is 1.28. The molecule has 6 fully saturated rings. The molecule has 6 aliphatic heterocycles. The lowest BCUT2D eigenvalue weighted by molar-refractivity contribution is -0.392. The van der Waals surface area contributed by atoms with Crippen LogP contribution in [0, 0.1) is 0 Å². The summed E-state index contributed by atoms with van der Waals surface area (Å²) < 4.78 is 62.5. The average molecular weight is 1070 g/mol. The third-order valence-electron chi connectivity index (χ3n) is 13.2. The van der Waals surface area contributed by atoms with Crippen molar-refractivity contribution in [3.05, 3.63) is 0 Å². The van der Waals surface area contributed by atoms with Crippen LogP contribution < -0.4 is 10.6 Å². The van der Waals surface area contributed by atoms with Crippen molar-refractivity contribution >= 4 is 11.8 Å². The summed E-state index contributed by atoms with van der Waals surface area (Å²) in [6.07, 6.45) is -53.8. The van der Waals surface area contributed by atoms with E-state index in [1.54, 1.807) is 0 Å². The molecule has 33 heteroatoms. The topological polar surface area (TPSA) is 524 Å². The molecule has 0 unspecified atom stereocenters. The van der Waals surface area contributed by atoms with Crippen LogP contribution in [0.4, 0.5) is 0 Å². The predicted octanol–water partition coefficient (Wildman–Crippen LogP) is -13.8. The van der Waals surface area contributed by atoms with E-state index in [4.69, 9.17) is 52.1 Å². The van der Waals surface area contributed by atoms with Crippen LogP contribution in [0.15, 0.2) is 0 Å². The highest BCUT2D eigenvalue weighted by Gasteiger charge is 2.57. The number of hydrogen-bond acceptors (Lipinski definition) is 31. The second-order valence-electron chi connectivity index (χ2n) is 18.3. The minimum absolute atomic E-state index is 0.718. The zero-order chi connectivity index (χ0) is 53.9. The van der Waals surface area contributed by atoms with Crippen molar-refractivity contribution in [2.75, 3.05) is 39.6 Å². The van der Waals surface area contributed by atoms with Gasteiger partial charge in [0, 0.05) is 13.8 Å². The van der Waals surface area contributed by atoms with Crippen LogP contribution in [0.1, 0.15) is 13.8 Å². The first-order valence-corrected chi connectivity index (χ1v) is 23.1. The molecule has 30 atom stereocenters. The van der Waals surface area contributed by atoms with Gasteiger partial charge in [-0.25, -0.2) is 0 Å². The molecule has 0 aromatic heterocycles. The molecule has 6 saturated heterocycles. The van der Waals surface area contributed by atoms with Crippen LogP contribution >= 0.6 is 0 Å². The molecule has 33 nitrogen and oxygen atoms in total. The number of carbonyl (C=O) groups excluding carboxylic acids is 2. The smallest absolute Gasteiger partial charge is 0.217 e. The largest absolute Gasteiger partial charge is 0.394 e.